The van der Waals surface area contributed by atoms with E-state index in [0.29, 0.717) is 34.9 Å². The van der Waals surface area contributed by atoms with E-state index in [4.69, 9.17) is 17.3 Å². The lowest BCUT2D eigenvalue weighted by molar-refractivity contribution is -0.134. The number of nitrogen functional groups attached to an aromatic ring is 1. The van der Waals surface area contributed by atoms with Crippen molar-refractivity contribution in [2.45, 2.75) is 32.9 Å². The molecule has 1 aliphatic rings. The number of fused-ring (bicyclic) bond motifs is 1. The van der Waals surface area contributed by atoms with E-state index < -0.39 is 0 Å². The van der Waals surface area contributed by atoms with E-state index in [0.717, 1.165) is 35.8 Å². The maximum absolute atomic E-state index is 13.3. The summed E-state index contributed by atoms with van der Waals surface area (Å²) in [7, 11) is 0. The summed E-state index contributed by atoms with van der Waals surface area (Å²) in [6.45, 7) is 6.32. The number of halogens is 1. The Labute approximate surface area is 201 Å². The van der Waals surface area contributed by atoms with E-state index >= 15 is 0 Å². The van der Waals surface area contributed by atoms with Crippen LogP contribution in [0, 0.1) is 0 Å². The topological polar surface area (TPSA) is 122 Å². The number of piperazine rings is 1. The first-order valence-corrected chi connectivity index (χ1v) is 11.6. The largest absolute Gasteiger partial charge is 0.383 e. The fraction of sp³-hybridized carbons (Fsp3) is 0.348. The SMILES string of the molecule is CCc1cc(N2CCN(C(=O)Cn3nc(-c4ncc[nH]4)c4c(N)ncnc43)C(C)C2)ccc1Cl. The number of anilines is 2. The zero-order chi connectivity index (χ0) is 23.8. The normalized spacial score (nSPS) is 16.4. The molecule has 176 valence electrons. The van der Waals surface area contributed by atoms with E-state index in [-0.39, 0.29) is 18.5 Å². The van der Waals surface area contributed by atoms with Crippen LogP contribution in [0.3, 0.4) is 0 Å². The van der Waals surface area contributed by atoms with Gasteiger partial charge in [-0.05, 0) is 37.1 Å². The van der Waals surface area contributed by atoms with Crippen molar-refractivity contribution in [2.75, 3.05) is 30.3 Å². The Hall–Kier alpha value is -3.66. The monoisotopic (exact) mass is 479 g/mol. The zero-order valence-electron chi connectivity index (χ0n) is 19.1. The van der Waals surface area contributed by atoms with E-state index in [1.807, 2.05) is 17.0 Å². The standard InChI is InChI=1S/C23H26ClN9O/c1-3-15-10-16(4-5-17(15)24)31-8-9-32(14(2)11-31)18(34)12-33-23-19(21(25)28-13-29-23)20(30-33)22-26-6-7-27-22/h4-7,10,13-14H,3,8-9,11-12H2,1-2H3,(H,26,27)(H2,25,28,29). The molecular formula is C23H26ClN9O. The number of hydrogen-bond acceptors (Lipinski definition) is 7. The van der Waals surface area contributed by atoms with Gasteiger partial charge in [-0.2, -0.15) is 5.10 Å². The minimum atomic E-state index is -0.0231. The van der Waals surface area contributed by atoms with E-state index in [9.17, 15) is 4.79 Å². The van der Waals surface area contributed by atoms with Crippen LogP contribution in [0.2, 0.25) is 5.02 Å². The van der Waals surface area contributed by atoms with Crippen molar-refractivity contribution < 1.29 is 4.79 Å². The fourth-order valence-electron chi connectivity index (χ4n) is 4.51. The molecule has 5 rings (SSSR count). The number of carbonyl (C=O) groups is 1. The third-order valence-corrected chi connectivity index (χ3v) is 6.66. The number of imidazole rings is 1. The highest BCUT2D eigenvalue weighted by Gasteiger charge is 2.29. The molecule has 1 aromatic carbocycles. The van der Waals surface area contributed by atoms with Crippen LogP contribution in [0.25, 0.3) is 22.6 Å². The quantitative estimate of drug-likeness (QED) is 0.451. The number of aromatic amines is 1. The summed E-state index contributed by atoms with van der Waals surface area (Å²) in [4.78, 5) is 33.3. The first kappa shape index (κ1) is 22.1. The maximum atomic E-state index is 13.3. The number of aromatic nitrogens is 6. The molecule has 0 aliphatic carbocycles. The molecule has 0 saturated carbocycles. The highest BCUT2D eigenvalue weighted by atomic mass is 35.5. The number of carbonyl (C=O) groups excluding carboxylic acids is 1. The lowest BCUT2D eigenvalue weighted by Crippen LogP contribution is -2.54. The summed E-state index contributed by atoms with van der Waals surface area (Å²) in [5, 5.41) is 5.98. The van der Waals surface area contributed by atoms with Crippen molar-refractivity contribution in [3.63, 3.8) is 0 Å². The first-order chi connectivity index (χ1) is 16.5. The van der Waals surface area contributed by atoms with Gasteiger partial charge in [0.05, 0.1) is 5.39 Å². The second kappa shape index (κ2) is 8.94. The summed E-state index contributed by atoms with van der Waals surface area (Å²) in [6, 6.07) is 6.17. The molecule has 11 heteroatoms. The number of benzene rings is 1. The van der Waals surface area contributed by atoms with Crippen LogP contribution in [-0.4, -0.2) is 66.2 Å². The van der Waals surface area contributed by atoms with Gasteiger partial charge in [-0.25, -0.2) is 19.6 Å². The van der Waals surface area contributed by atoms with Gasteiger partial charge in [0, 0.05) is 48.8 Å². The highest BCUT2D eigenvalue weighted by Crippen LogP contribution is 2.29. The van der Waals surface area contributed by atoms with Gasteiger partial charge < -0.3 is 20.5 Å². The molecule has 0 bridgehead atoms. The van der Waals surface area contributed by atoms with Gasteiger partial charge in [0.15, 0.2) is 11.5 Å². The predicted molar refractivity (Wildman–Crippen MR) is 132 cm³/mol. The van der Waals surface area contributed by atoms with Crippen LogP contribution in [-0.2, 0) is 17.8 Å². The van der Waals surface area contributed by atoms with Gasteiger partial charge in [0.25, 0.3) is 0 Å². The molecule has 1 amide bonds. The maximum Gasteiger partial charge on any atom is 0.244 e. The third kappa shape index (κ3) is 3.94. The number of rotatable bonds is 5. The molecule has 4 heterocycles. The van der Waals surface area contributed by atoms with Gasteiger partial charge in [-0.15, -0.1) is 0 Å². The average molecular weight is 480 g/mol. The molecular weight excluding hydrogens is 454 g/mol. The summed E-state index contributed by atoms with van der Waals surface area (Å²) in [5.74, 6) is 0.825. The first-order valence-electron chi connectivity index (χ1n) is 11.3. The second-order valence-corrected chi connectivity index (χ2v) is 8.82. The fourth-order valence-corrected chi connectivity index (χ4v) is 4.76. The number of nitrogens with two attached hydrogens (primary N) is 1. The Balaban J connectivity index is 1.35. The molecule has 0 spiro atoms. The Bertz CT molecular complexity index is 1330. The molecule has 1 aliphatic heterocycles. The number of aryl methyl sites for hydroxylation is 1. The van der Waals surface area contributed by atoms with E-state index in [1.165, 1.54) is 6.33 Å². The Kier molecular flexibility index (Phi) is 5.82. The van der Waals surface area contributed by atoms with Gasteiger partial charge in [0.2, 0.25) is 5.91 Å². The van der Waals surface area contributed by atoms with Crippen molar-refractivity contribution in [3.05, 3.63) is 47.5 Å². The van der Waals surface area contributed by atoms with Crippen molar-refractivity contribution in [1.29, 1.82) is 0 Å². The van der Waals surface area contributed by atoms with Crippen molar-refractivity contribution in [1.82, 2.24) is 34.6 Å². The Morgan fingerprint density at radius 1 is 1.26 bits per heavy atom. The number of hydrogen-bond donors (Lipinski definition) is 2. The van der Waals surface area contributed by atoms with Crippen LogP contribution in [0.15, 0.2) is 36.9 Å². The molecule has 10 nitrogen and oxygen atoms in total. The smallest absolute Gasteiger partial charge is 0.244 e. The second-order valence-electron chi connectivity index (χ2n) is 8.41. The number of H-pyrrole nitrogens is 1. The molecule has 34 heavy (non-hydrogen) atoms. The number of nitrogens with one attached hydrogen (secondary N) is 1. The minimum absolute atomic E-state index is 0.0231. The molecule has 1 saturated heterocycles. The highest BCUT2D eigenvalue weighted by molar-refractivity contribution is 6.31. The molecule has 3 aromatic heterocycles. The minimum Gasteiger partial charge on any atom is -0.383 e. The lowest BCUT2D eigenvalue weighted by Gasteiger charge is -2.41. The summed E-state index contributed by atoms with van der Waals surface area (Å²) in [6.07, 6.45) is 5.60. The summed E-state index contributed by atoms with van der Waals surface area (Å²) >= 11 is 6.29. The van der Waals surface area contributed by atoms with Crippen molar-refractivity contribution >= 4 is 40.0 Å². The molecule has 3 N–H and O–H groups in total. The molecule has 1 unspecified atom stereocenters. The van der Waals surface area contributed by atoms with Gasteiger partial charge in [-0.3, -0.25) is 4.79 Å². The molecule has 0 radical (unpaired) electrons. The Morgan fingerprint density at radius 2 is 2.12 bits per heavy atom. The molecule has 1 fully saturated rings. The Morgan fingerprint density at radius 3 is 2.85 bits per heavy atom. The lowest BCUT2D eigenvalue weighted by atomic mass is 10.1. The van der Waals surface area contributed by atoms with Crippen LogP contribution < -0.4 is 10.6 Å². The van der Waals surface area contributed by atoms with Crippen LogP contribution in [0.4, 0.5) is 11.5 Å². The van der Waals surface area contributed by atoms with Gasteiger partial charge in [0.1, 0.15) is 24.4 Å². The molecule has 1 atom stereocenters. The van der Waals surface area contributed by atoms with Crippen molar-refractivity contribution in [2.24, 2.45) is 0 Å². The number of nitrogens with zero attached hydrogens (tertiary/aromatic N) is 7. The zero-order valence-corrected chi connectivity index (χ0v) is 19.8. The summed E-state index contributed by atoms with van der Waals surface area (Å²) < 4.78 is 1.58. The summed E-state index contributed by atoms with van der Waals surface area (Å²) in [5.41, 5.74) is 9.41. The third-order valence-electron chi connectivity index (χ3n) is 6.29. The van der Waals surface area contributed by atoms with Crippen LogP contribution >= 0.6 is 11.6 Å². The average Bonchev–Trinajstić information content (AvgIpc) is 3.48. The number of amides is 1. The van der Waals surface area contributed by atoms with Gasteiger partial charge in [-0.1, -0.05) is 18.5 Å². The van der Waals surface area contributed by atoms with E-state index in [1.54, 1.807) is 17.1 Å². The van der Waals surface area contributed by atoms with Crippen molar-refractivity contribution in [3.8, 4) is 11.5 Å². The van der Waals surface area contributed by atoms with Crippen LogP contribution in [0.1, 0.15) is 19.4 Å². The van der Waals surface area contributed by atoms with Gasteiger partial charge >= 0.3 is 0 Å². The van der Waals surface area contributed by atoms with Crippen LogP contribution in [0.5, 0.6) is 0 Å². The predicted octanol–water partition coefficient (Wildman–Crippen LogP) is 2.75. The molecule has 4 aromatic rings. The van der Waals surface area contributed by atoms with E-state index in [2.05, 4.69) is 49.8 Å².